The third kappa shape index (κ3) is 2.51. The first-order valence-electron chi connectivity index (χ1n) is 9.41. The van der Waals surface area contributed by atoms with Crippen molar-refractivity contribution in [3.63, 3.8) is 0 Å². The van der Waals surface area contributed by atoms with E-state index in [9.17, 15) is 0 Å². The molecule has 29 heavy (non-hydrogen) atoms. The van der Waals surface area contributed by atoms with Crippen LogP contribution in [0.15, 0.2) is 72.1 Å². The van der Waals surface area contributed by atoms with Crippen molar-refractivity contribution < 1.29 is 4.74 Å². The van der Waals surface area contributed by atoms with E-state index < -0.39 is 0 Å². The summed E-state index contributed by atoms with van der Waals surface area (Å²) >= 11 is 1.70. The molecular formula is C22H17N5OS. The van der Waals surface area contributed by atoms with Gasteiger partial charge in [-0.3, -0.25) is 4.98 Å². The smallest absolute Gasteiger partial charge is 0.226 e. The summed E-state index contributed by atoms with van der Waals surface area (Å²) in [4.78, 5) is 9.97. The van der Waals surface area contributed by atoms with Crippen LogP contribution in [-0.2, 0) is 0 Å². The summed E-state index contributed by atoms with van der Waals surface area (Å²) in [5.41, 5.74) is 5.45. The largest absolute Gasteiger partial charge is 0.480 e. The number of ether oxygens (including phenoxy) is 1. The summed E-state index contributed by atoms with van der Waals surface area (Å²) < 4.78 is 8.49. The van der Waals surface area contributed by atoms with Gasteiger partial charge in [0.2, 0.25) is 5.95 Å². The molecule has 1 N–H and O–H groups in total. The summed E-state index contributed by atoms with van der Waals surface area (Å²) in [6.07, 6.45) is 5.05. The standard InChI is InChI=1S/C22H17N5OS/c1-13-6-7-16-15(10-13)19-18(21(28-16)17-5-3-9-29-17)20(14-4-2-8-23-11-14)27-22(26-19)24-12-25-27/h2-12,20-21H,1H3,(H,24,25,26)/t20-,21-/m0/s1. The summed E-state index contributed by atoms with van der Waals surface area (Å²) in [6.45, 7) is 2.09. The number of thiophene rings is 1. The second-order valence-electron chi connectivity index (χ2n) is 7.19. The number of hydrogen-bond acceptors (Lipinski definition) is 6. The van der Waals surface area contributed by atoms with Crippen molar-refractivity contribution in [3.05, 3.63) is 93.7 Å². The molecule has 0 aliphatic carbocycles. The Hall–Kier alpha value is -3.45. The fourth-order valence-corrected chi connectivity index (χ4v) is 4.89. The molecule has 142 valence electrons. The second-order valence-corrected chi connectivity index (χ2v) is 8.16. The number of rotatable bonds is 2. The third-order valence-electron chi connectivity index (χ3n) is 5.37. The molecule has 1 aromatic carbocycles. The molecule has 0 bridgehead atoms. The lowest BCUT2D eigenvalue weighted by Gasteiger charge is -2.38. The molecule has 6 rings (SSSR count). The van der Waals surface area contributed by atoms with E-state index in [0.29, 0.717) is 0 Å². The molecule has 0 fully saturated rings. The van der Waals surface area contributed by atoms with E-state index in [1.54, 1.807) is 23.9 Å². The van der Waals surface area contributed by atoms with Gasteiger partial charge in [0.25, 0.3) is 0 Å². The first-order valence-corrected chi connectivity index (χ1v) is 10.3. The molecule has 0 saturated heterocycles. The Bertz CT molecular complexity index is 1230. The van der Waals surface area contributed by atoms with Crippen LogP contribution in [0.4, 0.5) is 5.95 Å². The first kappa shape index (κ1) is 16.5. The van der Waals surface area contributed by atoms with Gasteiger partial charge in [0.1, 0.15) is 18.1 Å². The van der Waals surface area contributed by atoms with Gasteiger partial charge in [0.05, 0.1) is 5.70 Å². The van der Waals surface area contributed by atoms with Crippen LogP contribution in [0, 0.1) is 6.92 Å². The van der Waals surface area contributed by atoms with Gasteiger partial charge >= 0.3 is 0 Å². The average Bonchev–Trinajstić information content (AvgIpc) is 3.44. The molecule has 0 amide bonds. The SMILES string of the molecule is Cc1ccc2c(c1)C1=C([C@H](c3cccs3)O2)[C@H](c2cccnc2)n2ncnc2N1. The normalized spacial score (nSPS) is 19.6. The van der Waals surface area contributed by atoms with Crippen molar-refractivity contribution in [3.8, 4) is 5.75 Å². The summed E-state index contributed by atoms with van der Waals surface area (Å²) in [6, 6.07) is 14.4. The predicted molar refractivity (Wildman–Crippen MR) is 112 cm³/mol. The minimum atomic E-state index is -0.213. The molecule has 2 aliphatic rings. The molecule has 5 heterocycles. The van der Waals surface area contributed by atoms with E-state index in [0.717, 1.165) is 39.0 Å². The highest BCUT2D eigenvalue weighted by molar-refractivity contribution is 7.10. The lowest BCUT2D eigenvalue weighted by Crippen LogP contribution is -2.32. The second kappa shape index (κ2) is 6.28. The van der Waals surface area contributed by atoms with Crippen molar-refractivity contribution in [2.75, 3.05) is 5.32 Å². The highest BCUT2D eigenvalue weighted by atomic mass is 32.1. The van der Waals surface area contributed by atoms with Crippen molar-refractivity contribution in [2.24, 2.45) is 0 Å². The van der Waals surface area contributed by atoms with Crippen molar-refractivity contribution in [1.82, 2.24) is 19.7 Å². The Morgan fingerprint density at radius 1 is 1.17 bits per heavy atom. The van der Waals surface area contributed by atoms with E-state index in [2.05, 4.69) is 69.1 Å². The van der Waals surface area contributed by atoms with Crippen molar-refractivity contribution >= 4 is 23.0 Å². The van der Waals surface area contributed by atoms with Gasteiger partial charge in [0, 0.05) is 28.4 Å². The van der Waals surface area contributed by atoms with Gasteiger partial charge in [0.15, 0.2) is 6.10 Å². The van der Waals surface area contributed by atoms with Crippen LogP contribution in [0.25, 0.3) is 5.70 Å². The number of nitrogens with zero attached hydrogens (tertiary/aromatic N) is 4. The van der Waals surface area contributed by atoms with Crippen LogP contribution < -0.4 is 10.1 Å². The number of aryl methyl sites for hydroxylation is 1. The zero-order chi connectivity index (χ0) is 19.4. The molecule has 2 aliphatic heterocycles. The molecule has 0 radical (unpaired) electrons. The van der Waals surface area contributed by atoms with Gasteiger partial charge < -0.3 is 10.1 Å². The highest BCUT2D eigenvalue weighted by Gasteiger charge is 2.41. The number of fused-ring (bicyclic) bond motifs is 3. The van der Waals surface area contributed by atoms with Gasteiger partial charge in [-0.15, -0.1) is 11.3 Å². The van der Waals surface area contributed by atoms with Gasteiger partial charge in [-0.1, -0.05) is 23.8 Å². The number of nitrogens with one attached hydrogen (secondary N) is 1. The van der Waals surface area contributed by atoms with E-state index in [1.165, 1.54) is 5.56 Å². The first-order chi connectivity index (χ1) is 14.3. The van der Waals surface area contributed by atoms with E-state index >= 15 is 0 Å². The topological polar surface area (TPSA) is 64.9 Å². The fraction of sp³-hybridized carbons (Fsp3) is 0.136. The number of pyridine rings is 1. The maximum absolute atomic E-state index is 6.57. The third-order valence-corrected chi connectivity index (χ3v) is 6.29. The average molecular weight is 399 g/mol. The lowest BCUT2D eigenvalue weighted by molar-refractivity contribution is 0.226. The highest BCUT2D eigenvalue weighted by Crippen LogP contribution is 2.51. The van der Waals surface area contributed by atoms with Crippen LogP contribution in [-0.4, -0.2) is 19.7 Å². The van der Waals surface area contributed by atoms with Crippen LogP contribution in [0.3, 0.4) is 0 Å². The van der Waals surface area contributed by atoms with E-state index in [4.69, 9.17) is 4.74 Å². The monoisotopic (exact) mass is 399 g/mol. The fourth-order valence-electron chi connectivity index (χ4n) is 4.12. The molecule has 6 nitrogen and oxygen atoms in total. The minimum absolute atomic E-state index is 0.154. The van der Waals surface area contributed by atoms with Crippen LogP contribution in [0.5, 0.6) is 5.75 Å². The maximum Gasteiger partial charge on any atom is 0.226 e. The number of aromatic nitrogens is 4. The molecule has 7 heteroatoms. The zero-order valence-electron chi connectivity index (χ0n) is 15.6. The number of benzene rings is 1. The van der Waals surface area contributed by atoms with Gasteiger partial charge in [-0.2, -0.15) is 10.1 Å². The Labute approximate surface area is 171 Å². The summed E-state index contributed by atoms with van der Waals surface area (Å²) in [5, 5.41) is 10.1. The molecular weight excluding hydrogens is 382 g/mol. The number of hydrogen-bond donors (Lipinski definition) is 1. The van der Waals surface area contributed by atoms with Crippen LogP contribution in [0.2, 0.25) is 0 Å². The van der Waals surface area contributed by atoms with E-state index in [-0.39, 0.29) is 12.1 Å². The molecule has 4 aromatic rings. The Balaban J connectivity index is 1.66. The molecule has 0 unspecified atom stereocenters. The Morgan fingerprint density at radius 3 is 2.97 bits per heavy atom. The Kier molecular flexibility index (Phi) is 3.57. The van der Waals surface area contributed by atoms with Crippen molar-refractivity contribution in [2.45, 2.75) is 19.1 Å². The molecule has 3 aromatic heterocycles. The molecule has 0 saturated carbocycles. The van der Waals surface area contributed by atoms with Gasteiger partial charge in [-0.05, 0) is 42.1 Å². The maximum atomic E-state index is 6.57. The van der Waals surface area contributed by atoms with Crippen LogP contribution >= 0.6 is 11.3 Å². The zero-order valence-corrected chi connectivity index (χ0v) is 16.4. The summed E-state index contributed by atoms with van der Waals surface area (Å²) in [7, 11) is 0. The van der Waals surface area contributed by atoms with E-state index in [1.807, 2.05) is 16.9 Å². The predicted octanol–water partition coefficient (Wildman–Crippen LogP) is 4.60. The molecule has 0 spiro atoms. The molecule has 2 atom stereocenters. The lowest BCUT2D eigenvalue weighted by atomic mass is 9.87. The Morgan fingerprint density at radius 2 is 2.14 bits per heavy atom. The van der Waals surface area contributed by atoms with Crippen molar-refractivity contribution in [1.29, 1.82) is 0 Å². The van der Waals surface area contributed by atoms with Crippen LogP contribution in [0.1, 0.15) is 33.7 Å². The quantitative estimate of drug-likeness (QED) is 0.534. The minimum Gasteiger partial charge on any atom is -0.480 e. The van der Waals surface area contributed by atoms with Gasteiger partial charge in [-0.25, -0.2) is 4.68 Å². The number of anilines is 1. The summed E-state index contributed by atoms with van der Waals surface area (Å²) in [5.74, 6) is 1.59.